The molecule has 3 aromatic rings. The highest BCUT2D eigenvalue weighted by Gasteiger charge is 2.38. The van der Waals surface area contributed by atoms with E-state index in [0.29, 0.717) is 24.3 Å². The largest absolute Gasteiger partial charge is 0.358 e. The molecule has 1 saturated heterocycles. The van der Waals surface area contributed by atoms with E-state index in [4.69, 9.17) is 0 Å². The van der Waals surface area contributed by atoms with Crippen molar-refractivity contribution in [2.45, 2.75) is 18.9 Å². The molecule has 0 radical (unpaired) electrons. The third-order valence-electron chi connectivity index (χ3n) is 5.69. The van der Waals surface area contributed by atoms with Gasteiger partial charge in [0.25, 0.3) is 11.8 Å². The molecule has 1 aromatic heterocycles. The average molecular weight is 420 g/mol. The molecule has 3 heterocycles. The highest BCUT2D eigenvalue weighted by molar-refractivity contribution is 6.12. The lowest BCUT2D eigenvalue weighted by Gasteiger charge is -2.20. The van der Waals surface area contributed by atoms with Crippen LogP contribution in [0.15, 0.2) is 47.4 Å². The van der Waals surface area contributed by atoms with E-state index in [1.54, 1.807) is 6.07 Å². The Morgan fingerprint density at radius 1 is 1.16 bits per heavy atom. The Kier molecular flexibility index (Phi) is 4.32. The number of amides is 3. The minimum Gasteiger partial charge on any atom is -0.358 e. The Hall–Kier alpha value is -4.01. The third kappa shape index (κ3) is 3.05. The number of nitrogens with one attached hydrogen (secondary N) is 3. The molecule has 1 fully saturated rings. The topological polar surface area (TPSA) is 111 Å². The molecule has 0 unspecified atom stereocenters. The van der Waals surface area contributed by atoms with Gasteiger partial charge in [-0.1, -0.05) is 6.07 Å². The van der Waals surface area contributed by atoms with E-state index < -0.39 is 23.2 Å². The van der Waals surface area contributed by atoms with E-state index in [1.165, 1.54) is 35.2 Å². The van der Waals surface area contributed by atoms with Gasteiger partial charge >= 0.3 is 0 Å². The zero-order chi connectivity index (χ0) is 21.7. The molecule has 1 atom stereocenters. The van der Waals surface area contributed by atoms with Crippen LogP contribution in [0.2, 0.25) is 0 Å². The number of benzene rings is 2. The lowest BCUT2D eigenvalue weighted by atomic mass is 10.1. The number of nitrogens with zero attached hydrogens (tertiary/aromatic N) is 1. The lowest BCUT2D eigenvalue weighted by molar-refractivity contribution is -0.119. The van der Waals surface area contributed by atoms with Crippen molar-refractivity contribution in [3.63, 3.8) is 0 Å². The van der Waals surface area contributed by atoms with E-state index in [9.17, 15) is 23.6 Å². The van der Waals surface area contributed by atoms with Crippen molar-refractivity contribution in [3.05, 3.63) is 69.8 Å². The van der Waals surface area contributed by atoms with Crippen LogP contribution in [0, 0.1) is 5.82 Å². The van der Waals surface area contributed by atoms with Crippen LogP contribution in [0.5, 0.6) is 0 Å². The standard InChI is InChI=1S/C22H17FN4O4/c23-15-4-1-3-12-18(15)24-10-14(19(12)28)20(29)25-11-6-7-16-13(9-11)22(31)27-8-2-5-17(27)21(30)26-16/h1,3-4,6-7,9-10,17H,2,5,8H2,(H,24,28)(H,25,29)(H,26,30)/t17-/m1/s1. The summed E-state index contributed by atoms with van der Waals surface area (Å²) in [6, 6.07) is 8.12. The zero-order valence-corrected chi connectivity index (χ0v) is 16.2. The van der Waals surface area contributed by atoms with Crippen LogP contribution in [0.3, 0.4) is 0 Å². The maximum Gasteiger partial charge on any atom is 0.261 e. The second-order valence-electron chi connectivity index (χ2n) is 7.55. The van der Waals surface area contributed by atoms with Gasteiger partial charge in [0.05, 0.1) is 16.8 Å². The summed E-state index contributed by atoms with van der Waals surface area (Å²) < 4.78 is 13.9. The van der Waals surface area contributed by atoms with Gasteiger partial charge in [-0.05, 0) is 43.2 Å². The van der Waals surface area contributed by atoms with E-state index in [1.807, 2.05) is 0 Å². The molecule has 5 rings (SSSR count). The molecular formula is C22H17FN4O4. The Bertz CT molecular complexity index is 1330. The van der Waals surface area contributed by atoms with Gasteiger partial charge in [0.1, 0.15) is 17.4 Å². The van der Waals surface area contributed by atoms with Gasteiger partial charge < -0.3 is 20.5 Å². The first kappa shape index (κ1) is 19.0. The number of halogens is 1. The fraction of sp³-hybridized carbons (Fsp3) is 0.182. The highest BCUT2D eigenvalue weighted by Crippen LogP contribution is 2.30. The number of H-pyrrole nitrogens is 1. The zero-order valence-electron chi connectivity index (χ0n) is 16.2. The first-order valence-corrected chi connectivity index (χ1v) is 9.81. The van der Waals surface area contributed by atoms with E-state index in [0.717, 1.165) is 12.6 Å². The second kappa shape index (κ2) is 7.05. The Balaban J connectivity index is 1.47. The molecule has 3 N–H and O–H groups in total. The van der Waals surface area contributed by atoms with Gasteiger partial charge in [-0.15, -0.1) is 0 Å². The fourth-order valence-corrected chi connectivity index (χ4v) is 4.14. The van der Waals surface area contributed by atoms with Crippen molar-refractivity contribution < 1.29 is 18.8 Å². The van der Waals surface area contributed by atoms with Crippen LogP contribution in [0.4, 0.5) is 15.8 Å². The Morgan fingerprint density at radius 2 is 2.00 bits per heavy atom. The molecule has 9 heteroatoms. The predicted molar refractivity (Wildman–Crippen MR) is 112 cm³/mol. The molecule has 0 saturated carbocycles. The van der Waals surface area contributed by atoms with Crippen LogP contribution in [-0.2, 0) is 4.79 Å². The number of pyridine rings is 1. The van der Waals surface area contributed by atoms with Gasteiger partial charge in [0, 0.05) is 23.8 Å². The number of anilines is 2. The molecule has 0 spiro atoms. The number of carbonyl (C=O) groups excluding carboxylic acids is 3. The first-order valence-electron chi connectivity index (χ1n) is 9.81. The summed E-state index contributed by atoms with van der Waals surface area (Å²) in [7, 11) is 0. The molecule has 31 heavy (non-hydrogen) atoms. The van der Waals surface area contributed by atoms with Crippen LogP contribution in [0.1, 0.15) is 33.6 Å². The van der Waals surface area contributed by atoms with Gasteiger partial charge in [-0.3, -0.25) is 19.2 Å². The summed E-state index contributed by atoms with van der Waals surface area (Å²) in [6.45, 7) is 0.496. The molecule has 2 aliphatic rings. The molecular weight excluding hydrogens is 403 g/mol. The Labute approximate surface area is 175 Å². The van der Waals surface area contributed by atoms with Crippen molar-refractivity contribution in [2.24, 2.45) is 0 Å². The smallest absolute Gasteiger partial charge is 0.261 e. The van der Waals surface area contributed by atoms with Crippen LogP contribution in [0.25, 0.3) is 10.9 Å². The van der Waals surface area contributed by atoms with Crippen molar-refractivity contribution in [2.75, 3.05) is 17.2 Å². The summed E-state index contributed by atoms with van der Waals surface area (Å²) in [5.74, 6) is -1.80. The number of aromatic amines is 1. The minimum absolute atomic E-state index is 0.0237. The maximum atomic E-state index is 13.9. The molecule has 8 nitrogen and oxygen atoms in total. The molecule has 2 aliphatic heterocycles. The third-order valence-corrected chi connectivity index (χ3v) is 5.69. The summed E-state index contributed by atoms with van der Waals surface area (Å²) in [5.41, 5.74) is 0.167. The Morgan fingerprint density at radius 3 is 2.84 bits per heavy atom. The highest BCUT2D eigenvalue weighted by atomic mass is 19.1. The number of aromatic nitrogens is 1. The number of carbonyl (C=O) groups is 3. The van der Waals surface area contributed by atoms with Gasteiger partial charge in [0.2, 0.25) is 11.3 Å². The minimum atomic E-state index is -0.698. The molecule has 0 bridgehead atoms. The van der Waals surface area contributed by atoms with Gasteiger partial charge in [-0.2, -0.15) is 0 Å². The van der Waals surface area contributed by atoms with Crippen LogP contribution in [-0.4, -0.2) is 40.2 Å². The maximum absolute atomic E-state index is 13.9. The fourth-order valence-electron chi connectivity index (χ4n) is 4.14. The second-order valence-corrected chi connectivity index (χ2v) is 7.55. The number of hydrogen-bond acceptors (Lipinski definition) is 4. The van der Waals surface area contributed by atoms with E-state index in [-0.39, 0.29) is 33.8 Å². The van der Waals surface area contributed by atoms with Gasteiger partial charge in [0.15, 0.2) is 0 Å². The number of para-hydroxylation sites is 1. The van der Waals surface area contributed by atoms with Crippen molar-refractivity contribution in [1.82, 2.24) is 9.88 Å². The molecule has 3 amide bonds. The van der Waals surface area contributed by atoms with Crippen molar-refractivity contribution in [3.8, 4) is 0 Å². The molecule has 2 aromatic carbocycles. The molecule has 156 valence electrons. The van der Waals surface area contributed by atoms with E-state index >= 15 is 0 Å². The SMILES string of the molecule is O=C(Nc1ccc2c(c1)C(=O)N1CCC[C@@H]1C(=O)N2)c1c[nH]c2c(F)cccc2c1=O. The normalized spacial score (nSPS) is 17.7. The van der Waals surface area contributed by atoms with E-state index in [2.05, 4.69) is 15.6 Å². The predicted octanol–water partition coefficient (Wildman–Crippen LogP) is 2.48. The average Bonchev–Trinajstić information content (AvgIpc) is 3.22. The van der Waals surface area contributed by atoms with Crippen molar-refractivity contribution >= 4 is 40.0 Å². The number of fused-ring (bicyclic) bond motifs is 3. The van der Waals surface area contributed by atoms with Crippen molar-refractivity contribution in [1.29, 1.82) is 0 Å². The number of rotatable bonds is 2. The summed E-state index contributed by atoms with van der Waals surface area (Å²) >= 11 is 0. The molecule has 0 aliphatic carbocycles. The first-order chi connectivity index (χ1) is 14.9. The van der Waals surface area contributed by atoms with Crippen LogP contribution >= 0.6 is 0 Å². The lowest BCUT2D eigenvalue weighted by Crippen LogP contribution is -2.40. The van der Waals surface area contributed by atoms with Crippen LogP contribution < -0.4 is 16.1 Å². The summed E-state index contributed by atoms with van der Waals surface area (Å²) in [4.78, 5) is 54.9. The summed E-state index contributed by atoms with van der Waals surface area (Å²) in [6.07, 6.45) is 2.52. The van der Waals surface area contributed by atoms with Gasteiger partial charge in [-0.25, -0.2) is 4.39 Å². The summed E-state index contributed by atoms with van der Waals surface area (Å²) in [5, 5.41) is 5.43. The number of hydrogen-bond donors (Lipinski definition) is 3. The quantitative estimate of drug-likeness (QED) is 0.591. The monoisotopic (exact) mass is 420 g/mol.